The average molecular weight is 365 g/mol. The normalized spacial score (nSPS) is 10.1. The van der Waals surface area contributed by atoms with Gasteiger partial charge in [-0.25, -0.2) is 4.98 Å². The Morgan fingerprint density at radius 2 is 1.74 bits per heavy atom. The predicted octanol–water partition coefficient (Wildman–Crippen LogP) is 2.93. The SMILES string of the molecule is COc1ccccc1Oc1ncnc(NNC(=O)c2ccccc2C)c1N. The number of nitrogens with one attached hydrogen (secondary N) is 2. The number of hydrogen-bond donors (Lipinski definition) is 3. The summed E-state index contributed by atoms with van der Waals surface area (Å²) in [5.41, 5.74) is 12.9. The minimum Gasteiger partial charge on any atom is -0.493 e. The van der Waals surface area contributed by atoms with Gasteiger partial charge in [-0.15, -0.1) is 0 Å². The van der Waals surface area contributed by atoms with Gasteiger partial charge in [-0.1, -0.05) is 30.3 Å². The molecular formula is C19H19N5O3. The molecule has 0 aliphatic rings. The Morgan fingerprint density at radius 3 is 2.48 bits per heavy atom. The molecule has 1 aromatic heterocycles. The number of amides is 1. The van der Waals surface area contributed by atoms with Crippen LogP contribution in [0.25, 0.3) is 0 Å². The molecule has 4 N–H and O–H groups in total. The van der Waals surface area contributed by atoms with Gasteiger partial charge >= 0.3 is 0 Å². The number of aromatic nitrogens is 2. The summed E-state index contributed by atoms with van der Waals surface area (Å²) in [6, 6.07) is 14.4. The largest absolute Gasteiger partial charge is 0.493 e. The number of anilines is 2. The molecule has 1 amide bonds. The fourth-order valence-electron chi connectivity index (χ4n) is 2.38. The highest BCUT2D eigenvalue weighted by Crippen LogP contribution is 2.34. The molecule has 2 aromatic carbocycles. The molecule has 0 saturated carbocycles. The van der Waals surface area contributed by atoms with E-state index >= 15 is 0 Å². The van der Waals surface area contributed by atoms with Gasteiger partial charge in [0.1, 0.15) is 12.0 Å². The first-order valence-electron chi connectivity index (χ1n) is 8.13. The van der Waals surface area contributed by atoms with Crippen LogP contribution in [0.5, 0.6) is 17.4 Å². The van der Waals surface area contributed by atoms with Gasteiger partial charge in [-0.05, 0) is 30.7 Å². The van der Waals surface area contributed by atoms with Crippen molar-refractivity contribution in [2.75, 3.05) is 18.3 Å². The third kappa shape index (κ3) is 4.06. The number of nitrogen functional groups attached to an aromatic ring is 1. The number of hydrogen-bond acceptors (Lipinski definition) is 7. The van der Waals surface area contributed by atoms with Gasteiger partial charge in [-0.2, -0.15) is 4.98 Å². The number of carbonyl (C=O) groups excluding carboxylic acids is 1. The lowest BCUT2D eigenvalue weighted by atomic mass is 10.1. The maximum Gasteiger partial charge on any atom is 0.269 e. The lowest BCUT2D eigenvalue weighted by Crippen LogP contribution is -2.30. The van der Waals surface area contributed by atoms with Crippen LogP contribution in [0.4, 0.5) is 11.5 Å². The van der Waals surface area contributed by atoms with E-state index in [9.17, 15) is 4.79 Å². The Balaban J connectivity index is 1.75. The van der Waals surface area contributed by atoms with Gasteiger partial charge < -0.3 is 15.2 Å². The molecule has 3 rings (SSSR count). The molecule has 3 aromatic rings. The molecule has 0 saturated heterocycles. The molecular weight excluding hydrogens is 346 g/mol. The van der Waals surface area contributed by atoms with E-state index in [0.29, 0.717) is 17.1 Å². The molecule has 0 atom stereocenters. The van der Waals surface area contributed by atoms with E-state index in [4.69, 9.17) is 15.2 Å². The maximum absolute atomic E-state index is 12.3. The molecule has 0 spiro atoms. The summed E-state index contributed by atoms with van der Waals surface area (Å²) in [6.45, 7) is 1.85. The van der Waals surface area contributed by atoms with Gasteiger partial charge in [0.2, 0.25) is 5.88 Å². The van der Waals surface area contributed by atoms with Crippen molar-refractivity contribution in [3.63, 3.8) is 0 Å². The number of nitrogens with zero attached hydrogens (tertiary/aromatic N) is 2. The first kappa shape index (κ1) is 18.0. The van der Waals surface area contributed by atoms with Crippen molar-refractivity contribution in [2.24, 2.45) is 0 Å². The lowest BCUT2D eigenvalue weighted by molar-refractivity contribution is 0.0962. The molecule has 0 radical (unpaired) electrons. The topological polar surface area (TPSA) is 111 Å². The standard InChI is InChI=1S/C19H19N5O3/c1-12-7-3-4-8-13(12)18(25)24-23-17-16(20)19(22-11-21-17)27-15-10-6-5-9-14(15)26-2/h3-11H,20H2,1-2H3,(H,24,25)(H,21,22,23). The summed E-state index contributed by atoms with van der Waals surface area (Å²) in [7, 11) is 1.54. The van der Waals surface area contributed by atoms with Gasteiger partial charge in [0, 0.05) is 5.56 Å². The Kier molecular flexibility index (Phi) is 5.36. The number of hydrazine groups is 1. The van der Waals surface area contributed by atoms with Crippen LogP contribution in [-0.2, 0) is 0 Å². The van der Waals surface area contributed by atoms with Gasteiger partial charge in [0.15, 0.2) is 17.3 Å². The summed E-state index contributed by atoms with van der Waals surface area (Å²) in [5, 5.41) is 0. The van der Waals surface area contributed by atoms with Gasteiger partial charge in [-0.3, -0.25) is 15.6 Å². The van der Waals surface area contributed by atoms with Crippen LogP contribution < -0.4 is 26.1 Å². The van der Waals surface area contributed by atoms with E-state index in [2.05, 4.69) is 20.8 Å². The number of methoxy groups -OCH3 is 1. The van der Waals surface area contributed by atoms with E-state index in [-0.39, 0.29) is 23.3 Å². The molecule has 0 aliphatic carbocycles. The minimum absolute atomic E-state index is 0.141. The monoisotopic (exact) mass is 365 g/mol. The fraction of sp³-hybridized carbons (Fsp3) is 0.105. The quantitative estimate of drug-likeness (QED) is 0.576. The number of ether oxygens (including phenoxy) is 2. The molecule has 8 heteroatoms. The number of nitrogens with two attached hydrogens (primary N) is 1. The second-order valence-corrected chi connectivity index (χ2v) is 5.59. The summed E-state index contributed by atoms with van der Waals surface area (Å²) < 4.78 is 11.0. The minimum atomic E-state index is -0.307. The number of aryl methyl sites for hydroxylation is 1. The average Bonchev–Trinajstić information content (AvgIpc) is 2.69. The van der Waals surface area contributed by atoms with E-state index in [1.807, 2.05) is 25.1 Å². The second kappa shape index (κ2) is 8.05. The first-order chi connectivity index (χ1) is 13.1. The Morgan fingerprint density at radius 1 is 1.04 bits per heavy atom. The highest BCUT2D eigenvalue weighted by Gasteiger charge is 2.14. The smallest absolute Gasteiger partial charge is 0.269 e. The van der Waals surface area contributed by atoms with Crippen LogP contribution in [0.1, 0.15) is 15.9 Å². The first-order valence-corrected chi connectivity index (χ1v) is 8.13. The van der Waals surface area contributed by atoms with Crippen LogP contribution in [0.15, 0.2) is 54.9 Å². The number of benzene rings is 2. The van der Waals surface area contributed by atoms with Crippen molar-refractivity contribution in [3.05, 3.63) is 66.0 Å². The third-order valence-corrected chi connectivity index (χ3v) is 3.81. The summed E-state index contributed by atoms with van der Waals surface area (Å²) in [6.07, 6.45) is 1.28. The van der Waals surface area contributed by atoms with Crippen molar-refractivity contribution in [3.8, 4) is 17.4 Å². The Labute approximate surface area is 156 Å². The molecule has 0 fully saturated rings. The summed E-state index contributed by atoms with van der Waals surface area (Å²) in [4.78, 5) is 20.4. The van der Waals surface area contributed by atoms with Crippen LogP contribution >= 0.6 is 0 Å². The molecule has 0 unspecified atom stereocenters. The molecule has 1 heterocycles. The zero-order chi connectivity index (χ0) is 19.2. The number of rotatable bonds is 6. The van der Waals surface area contributed by atoms with Crippen LogP contribution in [-0.4, -0.2) is 23.0 Å². The van der Waals surface area contributed by atoms with E-state index < -0.39 is 0 Å². The second-order valence-electron chi connectivity index (χ2n) is 5.59. The lowest BCUT2D eigenvalue weighted by Gasteiger charge is -2.14. The molecule has 138 valence electrons. The zero-order valence-corrected chi connectivity index (χ0v) is 14.9. The van der Waals surface area contributed by atoms with Crippen molar-refractivity contribution < 1.29 is 14.3 Å². The Bertz CT molecular complexity index is 962. The summed E-state index contributed by atoms with van der Waals surface area (Å²) >= 11 is 0. The maximum atomic E-state index is 12.3. The molecule has 0 aliphatic heterocycles. The van der Waals surface area contributed by atoms with Crippen LogP contribution in [0.2, 0.25) is 0 Å². The highest BCUT2D eigenvalue weighted by molar-refractivity contribution is 5.96. The fourth-order valence-corrected chi connectivity index (χ4v) is 2.38. The predicted molar refractivity (Wildman–Crippen MR) is 102 cm³/mol. The van der Waals surface area contributed by atoms with E-state index in [1.165, 1.54) is 6.33 Å². The van der Waals surface area contributed by atoms with Crippen molar-refractivity contribution >= 4 is 17.4 Å². The molecule has 27 heavy (non-hydrogen) atoms. The van der Waals surface area contributed by atoms with Crippen molar-refractivity contribution in [1.29, 1.82) is 0 Å². The Hall–Kier alpha value is -3.81. The van der Waals surface area contributed by atoms with E-state index in [0.717, 1.165) is 5.56 Å². The zero-order valence-electron chi connectivity index (χ0n) is 14.9. The van der Waals surface area contributed by atoms with Gasteiger partial charge in [0.05, 0.1) is 7.11 Å². The summed E-state index contributed by atoms with van der Waals surface area (Å²) in [5.74, 6) is 1.05. The van der Waals surface area contributed by atoms with Crippen LogP contribution in [0.3, 0.4) is 0 Å². The highest BCUT2D eigenvalue weighted by atomic mass is 16.5. The van der Waals surface area contributed by atoms with Crippen molar-refractivity contribution in [1.82, 2.24) is 15.4 Å². The molecule has 8 nitrogen and oxygen atoms in total. The van der Waals surface area contributed by atoms with Crippen molar-refractivity contribution in [2.45, 2.75) is 6.92 Å². The molecule has 0 bridgehead atoms. The third-order valence-electron chi connectivity index (χ3n) is 3.81. The number of para-hydroxylation sites is 2. The van der Waals surface area contributed by atoms with Gasteiger partial charge in [0.25, 0.3) is 5.91 Å². The number of carbonyl (C=O) groups is 1. The van der Waals surface area contributed by atoms with E-state index in [1.54, 1.807) is 37.4 Å². The van der Waals surface area contributed by atoms with Crippen LogP contribution in [0, 0.1) is 6.92 Å².